The van der Waals surface area contributed by atoms with Crippen LogP contribution in [0.5, 0.6) is 0 Å². The zero-order valence-corrected chi connectivity index (χ0v) is 12.5. The van der Waals surface area contributed by atoms with Crippen LogP contribution in [0.2, 0.25) is 0 Å². The molecule has 0 unspecified atom stereocenters. The molecule has 22 heavy (non-hydrogen) atoms. The van der Waals surface area contributed by atoms with E-state index in [0.717, 1.165) is 0 Å². The largest absolute Gasteiger partial charge is 0.387 e. The number of hydrogen-bond acceptors (Lipinski definition) is 7. The summed E-state index contributed by atoms with van der Waals surface area (Å²) in [6, 6.07) is 5.99. The Morgan fingerprint density at radius 2 is 2.27 bits per heavy atom. The van der Waals surface area contributed by atoms with Crippen molar-refractivity contribution < 1.29 is 14.6 Å². The van der Waals surface area contributed by atoms with E-state index < -0.39 is 11.0 Å². The first-order chi connectivity index (χ1) is 10.5. The number of aromatic nitrogens is 2. The zero-order valence-electron chi connectivity index (χ0n) is 12.5. The molecule has 0 saturated carbocycles. The molecule has 8 nitrogen and oxygen atoms in total. The van der Waals surface area contributed by atoms with Gasteiger partial charge in [-0.2, -0.15) is 4.98 Å². The predicted octanol–water partition coefficient (Wildman–Crippen LogP) is 1.71. The molecule has 8 heteroatoms. The molecule has 1 atom stereocenters. The molecule has 0 fully saturated rings. The van der Waals surface area contributed by atoms with Gasteiger partial charge in [-0.05, 0) is 12.6 Å². The molecule has 0 aliphatic heterocycles. The van der Waals surface area contributed by atoms with E-state index in [-0.39, 0.29) is 5.69 Å². The van der Waals surface area contributed by atoms with E-state index in [1.54, 1.807) is 19.2 Å². The molecule has 118 valence electrons. The molecule has 1 heterocycles. The average Bonchev–Trinajstić information content (AvgIpc) is 2.94. The Labute approximate surface area is 127 Å². The highest BCUT2D eigenvalue weighted by molar-refractivity contribution is 5.35. The first-order valence-corrected chi connectivity index (χ1v) is 6.92. The normalized spacial score (nSPS) is 12.5. The van der Waals surface area contributed by atoms with Crippen LogP contribution >= 0.6 is 0 Å². The molecule has 1 aromatic heterocycles. The van der Waals surface area contributed by atoms with Crippen LogP contribution in [0.1, 0.15) is 30.3 Å². The fraction of sp³-hybridized carbons (Fsp3) is 0.429. The number of aliphatic hydroxyl groups is 1. The summed E-state index contributed by atoms with van der Waals surface area (Å²) in [4.78, 5) is 16.3. The second-order valence-corrected chi connectivity index (χ2v) is 5.02. The Hall–Kier alpha value is -2.32. The quantitative estimate of drug-likeness (QED) is 0.613. The lowest BCUT2D eigenvalue weighted by atomic mass is 10.1. The third-order valence-corrected chi connectivity index (χ3v) is 3.18. The van der Waals surface area contributed by atoms with Gasteiger partial charge in [0.15, 0.2) is 5.82 Å². The molecule has 1 N–H and O–H groups in total. The maximum absolute atomic E-state index is 10.8. The lowest BCUT2D eigenvalue weighted by Crippen LogP contribution is -2.24. The van der Waals surface area contributed by atoms with Crippen molar-refractivity contribution in [1.82, 2.24) is 15.0 Å². The second kappa shape index (κ2) is 7.10. The van der Waals surface area contributed by atoms with Crippen LogP contribution in [-0.4, -0.2) is 38.7 Å². The molecule has 0 aliphatic rings. The summed E-state index contributed by atoms with van der Waals surface area (Å²) in [5.41, 5.74) is 0.463. The summed E-state index contributed by atoms with van der Waals surface area (Å²) in [6.07, 6.45) is -0.137. The highest BCUT2D eigenvalue weighted by atomic mass is 16.6. The predicted molar refractivity (Wildman–Crippen MR) is 78.1 cm³/mol. The number of rotatable bonds is 7. The Morgan fingerprint density at radius 3 is 2.91 bits per heavy atom. The monoisotopic (exact) mass is 306 g/mol. The standard InChI is InChI=1S/C14H18N4O4/c1-3-13-15-14(22-16-13)9-17(2)8-12(19)10-5-4-6-11(7-10)18(20)21/h4-7,12,19H,3,8-9H2,1-2H3/t12-/m0/s1. The van der Waals surface area contributed by atoms with Gasteiger partial charge in [-0.1, -0.05) is 24.2 Å². The van der Waals surface area contributed by atoms with Crippen LogP contribution in [0, 0.1) is 10.1 Å². The van der Waals surface area contributed by atoms with Crippen LogP contribution in [0.4, 0.5) is 5.69 Å². The Balaban J connectivity index is 1.97. The van der Waals surface area contributed by atoms with Crippen LogP contribution in [0.15, 0.2) is 28.8 Å². The van der Waals surface area contributed by atoms with Gasteiger partial charge in [-0.15, -0.1) is 0 Å². The number of nitro groups is 1. The van der Waals surface area contributed by atoms with Gasteiger partial charge in [-0.3, -0.25) is 15.0 Å². The minimum atomic E-state index is -0.835. The van der Waals surface area contributed by atoms with Gasteiger partial charge in [-0.25, -0.2) is 0 Å². The Morgan fingerprint density at radius 1 is 1.50 bits per heavy atom. The molecule has 0 spiro atoms. The van der Waals surface area contributed by atoms with E-state index in [2.05, 4.69) is 10.1 Å². The minimum Gasteiger partial charge on any atom is -0.387 e. The van der Waals surface area contributed by atoms with Gasteiger partial charge in [0.05, 0.1) is 17.6 Å². The van der Waals surface area contributed by atoms with E-state index in [9.17, 15) is 15.2 Å². The van der Waals surface area contributed by atoms with Gasteiger partial charge in [0.1, 0.15) is 0 Å². The van der Waals surface area contributed by atoms with Crippen molar-refractivity contribution in [3.63, 3.8) is 0 Å². The first-order valence-electron chi connectivity index (χ1n) is 6.92. The van der Waals surface area contributed by atoms with Gasteiger partial charge in [0.2, 0.25) is 5.89 Å². The van der Waals surface area contributed by atoms with E-state index in [4.69, 9.17) is 4.52 Å². The molecule has 0 bridgehead atoms. The fourth-order valence-electron chi connectivity index (χ4n) is 2.04. The number of nitro benzene ring substituents is 1. The fourth-order valence-corrected chi connectivity index (χ4v) is 2.04. The maximum Gasteiger partial charge on any atom is 0.269 e. The summed E-state index contributed by atoms with van der Waals surface area (Å²) in [6.45, 7) is 2.63. The number of aryl methyl sites for hydroxylation is 1. The van der Waals surface area contributed by atoms with Crippen LogP contribution in [-0.2, 0) is 13.0 Å². The highest BCUT2D eigenvalue weighted by Crippen LogP contribution is 2.20. The SMILES string of the molecule is CCc1noc(CN(C)C[C@H](O)c2cccc([N+](=O)[O-])c2)n1. The number of nitrogens with zero attached hydrogens (tertiary/aromatic N) is 4. The zero-order chi connectivity index (χ0) is 16.1. The van der Waals surface area contributed by atoms with E-state index >= 15 is 0 Å². The molecule has 1 aromatic carbocycles. The highest BCUT2D eigenvalue weighted by Gasteiger charge is 2.16. The first kappa shape index (κ1) is 16.1. The minimum absolute atomic E-state index is 0.0382. The third kappa shape index (κ3) is 4.09. The van der Waals surface area contributed by atoms with Crippen molar-refractivity contribution in [3.05, 3.63) is 51.7 Å². The number of hydrogen-bond donors (Lipinski definition) is 1. The van der Waals surface area contributed by atoms with Crippen molar-refractivity contribution >= 4 is 5.69 Å². The average molecular weight is 306 g/mol. The van der Waals surface area contributed by atoms with E-state index in [1.807, 2.05) is 11.8 Å². The van der Waals surface area contributed by atoms with E-state index in [1.165, 1.54) is 12.1 Å². The van der Waals surface area contributed by atoms with Crippen LogP contribution < -0.4 is 0 Å². The number of likely N-dealkylation sites (N-methyl/N-ethyl adjacent to an activating group) is 1. The summed E-state index contributed by atoms with van der Waals surface area (Å²) in [5, 5.41) is 24.8. The summed E-state index contributed by atoms with van der Waals surface area (Å²) < 4.78 is 5.09. The van der Waals surface area contributed by atoms with Crippen molar-refractivity contribution in [2.75, 3.05) is 13.6 Å². The van der Waals surface area contributed by atoms with Crippen molar-refractivity contribution in [1.29, 1.82) is 0 Å². The number of non-ortho nitro benzene ring substituents is 1. The topological polar surface area (TPSA) is 106 Å². The summed E-state index contributed by atoms with van der Waals surface area (Å²) in [7, 11) is 1.80. The van der Waals surface area contributed by atoms with Crippen molar-refractivity contribution in [2.45, 2.75) is 26.0 Å². The van der Waals surface area contributed by atoms with Crippen molar-refractivity contribution in [3.8, 4) is 0 Å². The second-order valence-electron chi connectivity index (χ2n) is 5.02. The smallest absolute Gasteiger partial charge is 0.269 e. The molecule has 0 saturated heterocycles. The third-order valence-electron chi connectivity index (χ3n) is 3.18. The lowest BCUT2D eigenvalue weighted by molar-refractivity contribution is -0.385. The van der Waals surface area contributed by atoms with Crippen LogP contribution in [0.25, 0.3) is 0 Å². The van der Waals surface area contributed by atoms with Crippen LogP contribution in [0.3, 0.4) is 0 Å². The summed E-state index contributed by atoms with van der Waals surface area (Å²) >= 11 is 0. The number of aliphatic hydroxyl groups excluding tert-OH is 1. The maximum atomic E-state index is 10.8. The lowest BCUT2D eigenvalue weighted by Gasteiger charge is -2.19. The van der Waals surface area contributed by atoms with Gasteiger partial charge >= 0.3 is 0 Å². The Bertz CT molecular complexity index is 643. The molecule has 0 amide bonds. The summed E-state index contributed by atoms with van der Waals surface area (Å²) in [5.74, 6) is 1.12. The van der Waals surface area contributed by atoms with Gasteiger partial charge in [0, 0.05) is 25.1 Å². The number of benzene rings is 1. The molecule has 2 rings (SSSR count). The molecular weight excluding hydrogens is 288 g/mol. The van der Waals surface area contributed by atoms with Gasteiger partial charge < -0.3 is 9.63 Å². The molecule has 0 radical (unpaired) electrons. The Kier molecular flexibility index (Phi) is 5.18. The molecular formula is C14H18N4O4. The molecule has 0 aliphatic carbocycles. The van der Waals surface area contributed by atoms with Crippen molar-refractivity contribution in [2.24, 2.45) is 0 Å². The van der Waals surface area contributed by atoms with E-state index in [0.29, 0.717) is 36.8 Å². The molecule has 2 aromatic rings. The van der Waals surface area contributed by atoms with Gasteiger partial charge in [0.25, 0.3) is 5.69 Å².